The number of hydrogen-bond acceptors (Lipinski definition) is 10. The monoisotopic (exact) mass is 670 g/mol. The second-order valence-corrected chi connectivity index (χ2v) is 12.0. The van der Waals surface area contributed by atoms with Gasteiger partial charge in [-0.3, -0.25) is 9.36 Å². The Labute approximate surface area is 282 Å². The molecule has 242 valence electrons. The van der Waals surface area contributed by atoms with Crippen molar-refractivity contribution in [3.63, 3.8) is 0 Å². The van der Waals surface area contributed by atoms with Gasteiger partial charge in [-0.15, -0.1) is 0 Å². The van der Waals surface area contributed by atoms with Gasteiger partial charge in [0.2, 0.25) is 5.76 Å². The Morgan fingerprint density at radius 3 is 2.22 bits per heavy atom. The molecule has 2 aromatic heterocycles. The Hall–Kier alpha value is -6.33. The van der Waals surface area contributed by atoms with Crippen LogP contribution >= 0.6 is 11.3 Å². The molecule has 0 amide bonds. The van der Waals surface area contributed by atoms with E-state index in [4.69, 9.17) is 18.6 Å². The summed E-state index contributed by atoms with van der Waals surface area (Å²) in [4.78, 5) is 57.3. The van der Waals surface area contributed by atoms with Crippen molar-refractivity contribution in [3.05, 3.63) is 163 Å². The zero-order valence-corrected chi connectivity index (χ0v) is 26.9. The molecule has 0 saturated carbocycles. The van der Waals surface area contributed by atoms with Gasteiger partial charge >= 0.3 is 17.9 Å². The summed E-state index contributed by atoms with van der Waals surface area (Å²) in [6, 6.07) is 28.6. The lowest BCUT2D eigenvalue weighted by molar-refractivity contribution is -0.136. The smallest absolute Gasteiger partial charge is 0.379 e. The molecular formula is C38H26N2O8S. The predicted octanol–water partition coefficient (Wildman–Crippen LogP) is 5.59. The van der Waals surface area contributed by atoms with Crippen molar-refractivity contribution in [1.82, 2.24) is 4.57 Å². The van der Waals surface area contributed by atoms with Crippen LogP contribution in [0.2, 0.25) is 0 Å². The van der Waals surface area contributed by atoms with Gasteiger partial charge in [0.1, 0.15) is 11.5 Å². The summed E-state index contributed by atoms with van der Waals surface area (Å²) >= 11 is 1.18. The third kappa shape index (κ3) is 6.10. The molecular weight excluding hydrogens is 644 g/mol. The van der Waals surface area contributed by atoms with Crippen molar-refractivity contribution in [3.8, 4) is 11.5 Å². The number of thiazole rings is 1. The van der Waals surface area contributed by atoms with Gasteiger partial charge in [-0.1, -0.05) is 72.0 Å². The molecule has 0 saturated heterocycles. The first-order valence-corrected chi connectivity index (χ1v) is 15.9. The van der Waals surface area contributed by atoms with E-state index in [1.807, 2.05) is 36.4 Å². The van der Waals surface area contributed by atoms with Crippen molar-refractivity contribution in [2.45, 2.75) is 13.0 Å². The van der Waals surface area contributed by atoms with E-state index in [9.17, 15) is 19.2 Å². The van der Waals surface area contributed by atoms with E-state index < -0.39 is 23.9 Å². The fourth-order valence-electron chi connectivity index (χ4n) is 5.63. The van der Waals surface area contributed by atoms with Crippen LogP contribution in [-0.4, -0.2) is 29.6 Å². The molecule has 0 spiro atoms. The first-order valence-electron chi connectivity index (χ1n) is 15.1. The van der Waals surface area contributed by atoms with Crippen LogP contribution in [0.5, 0.6) is 11.5 Å². The summed E-state index contributed by atoms with van der Waals surface area (Å²) in [6.45, 7) is 1.69. The van der Waals surface area contributed by atoms with Crippen LogP contribution in [0.1, 0.15) is 45.0 Å². The number of esters is 3. The second-order valence-electron chi connectivity index (χ2n) is 11.0. The molecule has 10 nitrogen and oxygen atoms in total. The highest BCUT2D eigenvalue weighted by molar-refractivity contribution is 7.07. The van der Waals surface area contributed by atoms with Crippen LogP contribution < -0.4 is 24.4 Å². The highest BCUT2D eigenvalue weighted by Gasteiger charge is 2.33. The van der Waals surface area contributed by atoms with Gasteiger partial charge in [0.05, 0.1) is 40.8 Å². The Bertz CT molecular complexity index is 2450. The molecule has 0 fully saturated rings. The van der Waals surface area contributed by atoms with Crippen LogP contribution in [0.3, 0.4) is 0 Å². The van der Waals surface area contributed by atoms with E-state index in [1.165, 1.54) is 35.3 Å². The number of aromatic nitrogens is 1. The lowest BCUT2D eigenvalue weighted by atomic mass is 9.96. The van der Waals surface area contributed by atoms with Gasteiger partial charge in [-0.25, -0.2) is 19.4 Å². The summed E-state index contributed by atoms with van der Waals surface area (Å²) in [5.74, 6) is -1.09. The Morgan fingerprint density at radius 1 is 0.816 bits per heavy atom. The van der Waals surface area contributed by atoms with Gasteiger partial charge in [-0.2, -0.15) is 0 Å². The van der Waals surface area contributed by atoms with Crippen molar-refractivity contribution in [1.29, 1.82) is 0 Å². The minimum atomic E-state index is -0.850. The van der Waals surface area contributed by atoms with E-state index in [1.54, 1.807) is 73.7 Å². The van der Waals surface area contributed by atoms with Crippen LogP contribution in [0, 0.1) is 0 Å². The third-order valence-electron chi connectivity index (χ3n) is 7.95. The molecule has 7 rings (SSSR count). The van der Waals surface area contributed by atoms with Crippen molar-refractivity contribution < 1.29 is 33.0 Å². The second kappa shape index (κ2) is 13.1. The van der Waals surface area contributed by atoms with Crippen molar-refractivity contribution >= 4 is 46.1 Å². The molecule has 0 bridgehead atoms. The highest BCUT2D eigenvalue weighted by Crippen LogP contribution is 2.32. The Kier molecular flexibility index (Phi) is 8.33. The first kappa shape index (κ1) is 31.3. The van der Waals surface area contributed by atoms with E-state index in [0.29, 0.717) is 37.5 Å². The Balaban J connectivity index is 1.18. The molecule has 0 radical (unpaired) electrons. The van der Waals surface area contributed by atoms with Crippen LogP contribution in [-0.2, 0) is 9.53 Å². The molecule has 1 aliphatic rings. The average molecular weight is 671 g/mol. The largest absolute Gasteiger partial charge is 0.466 e. The summed E-state index contributed by atoms with van der Waals surface area (Å²) < 4.78 is 23.1. The number of fused-ring (bicyclic) bond motifs is 2. The zero-order valence-electron chi connectivity index (χ0n) is 26.1. The molecule has 49 heavy (non-hydrogen) atoms. The molecule has 4 aromatic carbocycles. The number of allylic oxidation sites excluding steroid dienone is 1. The number of carbonyl (C=O) groups is 3. The van der Waals surface area contributed by atoms with Crippen LogP contribution in [0.4, 0.5) is 0 Å². The minimum Gasteiger partial charge on any atom is -0.466 e. The summed E-state index contributed by atoms with van der Waals surface area (Å²) in [5, 5.41) is 1.74. The predicted molar refractivity (Wildman–Crippen MR) is 181 cm³/mol. The number of benzene rings is 4. The molecule has 1 unspecified atom stereocenters. The van der Waals surface area contributed by atoms with Crippen molar-refractivity contribution in [2.24, 2.45) is 4.99 Å². The number of hydrogen-bond donors (Lipinski definition) is 0. The van der Waals surface area contributed by atoms with E-state index in [2.05, 4.69) is 4.99 Å². The quantitative estimate of drug-likeness (QED) is 0.159. The fraction of sp³-hybridized carbons (Fsp3) is 0.0789. The van der Waals surface area contributed by atoms with Gasteiger partial charge in [0.15, 0.2) is 4.80 Å². The normalized spacial score (nSPS) is 14.2. The standard InChI is InChI=1S/C38H26N2O8S/c1-22-32(37(44)45-2)33(25-14-18-27(19-15-25)48-36(43)30-11-6-20-46-30)40-34(41)31(49-38(40)39-22)21-23-12-16-26(17-13-23)47-35(42)29-10-5-8-24-7-3-4-9-28(24)29/h3-21,33H,1-2H3. The molecule has 6 aromatic rings. The number of furan rings is 1. The molecule has 11 heteroatoms. The van der Waals surface area contributed by atoms with Gasteiger partial charge in [0.25, 0.3) is 5.56 Å². The van der Waals surface area contributed by atoms with Gasteiger partial charge in [0, 0.05) is 0 Å². The summed E-state index contributed by atoms with van der Waals surface area (Å²) in [5.41, 5.74) is 2.00. The van der Waals surface area contributed by atoms with Crippen LogP contribution in [0.25, 0.3) is 16.8 Å². The third-order valence-corrected chi connectivity index (χ3v) is 8.94. The number of methoxy groups -OCH3 is 1. The fourth-order valence-corrected chi connectivity index (χ4v) is 6.67. The lowest BCUT2D eigenvalue weighted by Gasteiger charge is -2.24. The minimum absolute atomic E-state index is 0.0549. The number of rotatable bonds is 7. The van der Waals surface area contributed by atoms with E-state index >= 15 is 0 Å². The molecule has 0 aliphatic carbocycles. The number of ether oxygens (including phenoxy) is 3. The van der Waals surface area contributed by atoms with Crippen molar-refractivity contribution in [2.75, 3.05) is 7.11 Å². The topological polar surface area (TPSA) is 126 Å². The SMILES string of the molecule is COC(=O)C1=C(C)N=c2sc(=Cc3ccc(OC(=O)c4cccc5ccccc45)cc3)c(=O)n2C1c1ccc(OC(=O)c2ccco2)cc1. The van der Waals surface area contributed by atoms with Crippen LogP contribution in [0.15, 0.2) is 135 Å². The van der Waals surface area contributed by atoms with E-state index in [-0.39, 0.29) is 22.6 Å². The number of nitrogens with zero attached hydrogens (tertiary/aromatic N) is 2. The average Bonchev–Trinajstić information content (AvgIpc) is 3.77. The zero-order chi connectivity index (χ0) is 34.1. The molecule has 1 aliphatic heterocycles. The van der Waals surface area contributed by atoms with E-state index in [0.717, 1.165) is 10.8 Å². The summed E-state index contributed by atoms with van der Waals surface area (Å²) in [6.07, 6.45) is 3.09. The lowest BCUT2D eigenvalue weighted by Crippen LogP contribution is -2.39. The van der Waals surface area contributed by atoms with Gasteiger partial charge in [-0.05, 0) is 77.4 Å². The Morgan fingerprint density at radius 2 is 1.51 bits per heavy atom. The maximum Gasteiger partial charge on any atom is 0.379 e. The molecule has 0 N–H and O–H groups in total. The number of carbonyl (C=O) groups excluding carboxylic acids is 3. The molecule has 1 atom stereocenters. The maximum absolute atomic E-state index is 13.9. The summed E-state index contributed by atoms with van der Waals surface area (Å²) in [7, 11) is 1.27. The highest BCUT2D eigenvalue weighted by atomic mass is 32.1. The maximum atomic E-state index is 13.9. The van der Waals surface area contributed by atoms with Gasteiger partial charge < -0.3 is 18.6 Å². The first-order chi connectivity index (χ1) is 23.8. The molecule has 3 heterocycles.